The molecular formula is C9H10NNaO3. The van der Waals surface area contributed by atoms with Gasteiger partial charge in [0.2, 0.25) is 0 Å². The van der Waals surface area contributed by atoms with Crippen LogP contribution in [0.4, 0.5) is 0 Å². The van der Waals surface area contributed by atoms with Gasteiger partial charge in [0.1, 0.15) is 6.10 Å². The van der Waals surface area contributed by atoms with Crippen LogP contribution in [-0.2, 0) is 4.79 Å². The third kappa shape index (κ3) is 3.40. The summed E-state index contributed by atoms with van der Waals surface area (Å²) in [5.74, 6) is -1.56. The van der Waals surface area contributed by atoms with Crippen LogP contribution < -0.4 is 40.4 Å². The molecule has 5 heteroatoms. The Morgan fingerprint density at radius 1 is 1.36 bits per heavy atom. The Kier molecular flexibility index (Phi) is 5.99. The molecule has 3 N–H and O–H groups in total. The van der Waals surface area contributed by atoms with E-state index in [-0.39, 0.29) is 29.6 Å². The first kappa shape index (κ1) is 13.6. The van der Waals surface area contributed by atoms with Crippen molar-refractivity contribution in [3.05, 3.63) is 35.9 Å². The number of benzene rings is 1. The number of carbonyl (C=O) groups is 1. The second kappa shape index (κ2) is 6.16. The summed E-state index contributed by atoms with van der Waals surface area (Å²) in [6, 6.07) is 7.58. The number of aliphatic carboxylic acids is 1. The van der Waals surface area contributed by atoms with Crippen LogP contribution in [0.25, 0.3) is 0 Å². The van der Waals surface area contributed by atoms with Gasteiger partial charge < -0.3 is 20.7 Å². The SMILES string of the molecule is N[C@H](c1ccccc1)[C@@H](O)C(=O)[O-].[Na+]. The van der Waals surface area contributed by atoms with E-state index in [1.165, 1.54) is 0 Å². The van der Waals surface area contributed by atoms with E-state index in [1.807, 2.05) is 0 Å². The van der Waals surface area contributed by atoms with Gasteiger partial charge in [0, 0.05) is 0 Å². The zero-order valence-corrected chi connectivity index (χ0v) is 9.88. The minimum atomic E-state index is -1.66. The molecular weight excluding hydrogens is 193 g/mol. The quantitative estimate of drug-likeness (QED) is 0.488. The van der Waals surface area contributed by atoms with Gasteiger partial charge in [0.05, 0.1) is 12.0 Å². The Morgan fingerprint density at radius 2 is 1.86 bits per heavy atom. The molecule has 4 nitrogen and oxygen atoms in total. The number of aliphatic hydroxyl groups is 1. The van der Waals surface area contributed by atoms with Gasteiger partial charge >= 0.3 is 29.6 Å². The van der Waals surface area contributed by atoms with Gasteiger partial charge in [-0.25, -0.2) is 0 Å². The Morgan fingerprint density at radius 3 is 2.29 bits per heavy atom. The predicted octanol–water partition coefficient (Wildman–Crippen LogP) is -4.20. The van der Waals surface area contributed by atoms with Crippen molar-refractivity contribution in [2.45, 2.75) is 12.1 Å². The molecule has 0 aliphatic rings. The van der Waals surface area contributed by atoms with E-state index >= 15 is 0 Å². The first-order chi connectivity index (χ1) is 6.13. The molecule has 0 aromatic heterocycles. The van der Waals surface area contributed by atoms with Crippen molar-refractivity contribution in [2.24, 2.45) is 5.73 Å². The van der Waals surface area contributed by atoms with Crippen molar-refractivity contribution in [3.63, 3.8) is 0 Å². The van der Waals surface area contributed by atoms with Crippen molar-refractivity contribution in [2.75, 3.05) is 0 Å². The number of carboxylic acids is 1. The van der Waals surface area contributed by atoms with Crippen LogP contribution in [0.1, 0.15) is 11.6 Å². The predicted molar refractivity (Wildman–Crippen MR) is 44.4 cm³/mol. The summed E-state index contributed by atoms with van der Waals surface area (Å²) in [7, 11) is 0. The van der Waals surface area contributed by atoms with Crippen LogP contribution in [0.15, 0.2) is 30.3 Å². The first-order valence-corrected chi connectivity index (χ1v) is 3.82. The van der Waals surface area contributed by atoms with Crippen LogP contribution in [0.5, 0.6) is 0 Å². The van der Waals surface area contributed by atoms with Crippen molar-refractivity contribution in [3.8, 4) is 0 Å². The summed E-state index contributed by atoms with van der Waals surface area (Å²) >= 11 is 0. The molecule has 0 spiro atoms. The molecule has 0 aliphatic heterocycles. The number of carboxylic acid groups (broad SMARTS) is 1. The molecule has 0 bridgehead atoms. The summed E-state index contributed by atoms with van der Waals surface area (Å²) in [6.45, 7) is 0. The van der Waals surface area contributed by atoms with Crippen molar-refractivity contribution in [1.82, 2.24) is 0 Å². The number of rotatable bonds is 3. The molecule has 0 amide bonds. The van der Waals surface area contributed by atoms with Gasteiger partial charge in [0.15, 0.2) is 0 Å². The summed E-state index contributed by atoms with van der Waals surface area (Å²) in [5, 5.41) is 19.3. The van der Waals surface area contributed by atoms with E-state index in [4.69, 9.17) is 10.8 Å². The van der Waals surface area contributed by atoms with Crippen molar-refractivity contribution >= 4 is 5.97 Å². The van der Waals surface area contributed by atoms with E-state index in [9.17, 15) is 9.90 Å². The molecule has 0 radical (unpaired) electrons. The van der Waals surface area contributed by atoms with Gasteiger partial charge in [-0.05, 0) is 5.56 Å². The Hall–Kier alpha value is -0.390. The van der Waals surface area contributed by atoms with Crippen LogP contribution in [0.3, 0.4) is 0 Å². The standard InChI is InChI=1S/C9H11NO3.Na/c10-7(8(11)9(12)13)6-4-2-1-3-5-6;/h1-5,7-8,11H,10H2,(H,12,13);/q;+1/p-1/t7-,8-;/m1./s1. The van der Waals surface area contributed by atoms with Crippen LogP contribution >= 0.6 is 0 Å². The number of nitrogens with two attached hydrogens (primary N) is 1. The first-order valence-electron chi connectivity index (χ1n) is 3.82. The third-order valence-corrected chi connectivity index (χ3v) is 1.77. The molecule has 0 aliphatic carbocycles. The molecule has 0 saturated carbocycles. The zero-order valence-electron chi connectivity index (χ0n) is 7.88. The summed E-state index contributed by atoms with van der Waals surface area (Å²) < 4.78 is 0. The maximum atomic E-state index is 10.3. The van der Waals surface area contributed by atoms with Gasteiger partial charge in [-0.2, -0.15) is 0 Å². The number of carbonyl (C=O) groups excluding carboxylic acids is 1. The second-order valence-corrected chi connectivity index (χ2v) is 2.70. The van der Waals surface area contributed by atoms with Gasteiger partial charge in [-0.3, -0.25) is 0 Å². The molecule has 0 saturated heterocycles. The number of hydrogen-bond acceptors (Lipinski definition) is 4. The molecule has 2 atom stereocenters. The third-order valence-electron chi connectivity index (χ3n) is 1.77. The fraction of sp³-hybridized carbons (Fsp3) is 0.222. The smallest absolute Gasteiger partial charge is 0.547 e. The van der Waals surface area contributed by atoms with Gasteiger partial charge in [-0.1, -0.05) is 30.3 Å². The van der Waals surface area contributed by atoms with Crippen molar-refractivity contribution < 1.29 is 44.6 Å². The molecule has 0 heterocycles. The average molecular weight is 203 g/mol. The minimum absolute atomic E-state index is 0. The molecule has 1 aromatic rings. The maximum Gasteiger partial charge on any atom is 1.00 e. The molecule has 0 unspecified atom stereocenters. The van der Waals surface area contributed by atoms with Crippen LogP contribution in [-0.4, -0.2) is 17.2 Å². The molecule has 0 fully saturated rings. The van der Waals surface area contributed by atoms with E-state index in [2.05, 4.69) is 0 Å². The second-order valence-electron chi connectivity index (χ2n) is 2.70. The van der Waals surface area contributed by atoms with Crippen LogP contribution in [0, 0.1) is 0 Å². The zero-order chi connectivity index (χ0) is 9.84. The summed E-state index contributed by atoms with van der Waals surface area (Å²) in [4.78, 5) is 10.3. The Bertz CT molecular complexity index is 291. The summed E-state index contributed by atoms with van der Waals surface area (Å²) in [6.07, 6.45) is -1.66. The molecule has 1 rings (SSSR count). The van der Waals surface area contributed by atoms with E-state index < -0.39 is 18.1 Å². The summed E-state index contributed by atoms with van der Waals surface area (Å²) in [5.41, 5.74) is 6.04. The fourth-order valence-corrected chi connectivity index (χ4v) is 1.00. The minimum Gasteiger partial charge on any atom is -0.547 e. The molecule has 70 valence electrons. The molecule has 14 heavy (non-hydrogen) atoms. The molecule has 1 aromatic carbocycles. The van der Waals surface area contributed by atoms with Crippen LogP contribution in [0.2, 0.25) is 0 Å². The topological polar surface area (TPSA) is 86.4 Å². The number of hydrogen-bond donors (Lipinski definition) is 2. The normalized spacial score (nSPS) is 13.9. The Balaban J connectivity index is 0.00000169. The largest absolute Gasteiger partial charge is 1.00 e. The van der Waals surface area contributed by atoms with E-state index in [0.29, 0.717) is 5.56 Å². The van der Waals surface area contributed by atoms with Gasteiger partial charge in [-0.15, -0.1) is 0 Å². The maximum absolute atomic E-state index is 10.3. The van der Waals surface area contributed by atoms with E-state index in [0.717, 1.165) is 0 Å². The van der Waals surface area contributed by atoms with Gasteiger partial charge in [0.25, 0.3) is 0 Å². The Labute approximate surface area is 104 Å². The average Bonchev–Trinajstić information content (AvgIpc) is 2.17. The van der Waals surface area contributed by atoms with Crippen molar-refractivity contribution in [1.29, 1.82) is 0 Å². The monoisotopic (exact) mass is 203 g/mol. The van der Waals surface area contributed by atoms with E-state index in [1.54, 1.807) is 30.3 Å². The number of aliphatic hydroxyl groups excluding tert-OH is 1. The fourth-order valence-electron chi connectivity index (χ4n) is 1.00.